The fourth-order valence-electron chi connectivity index (χ4n) is 5.74. The molecule has 2 aromatic carbocycles. The van der Waals surface area contributed by atoms with Crippen molar-refractivity contribution in [3.63, 3.8) is 0 Å². The molecule has 2 aliphatic heterocycles. The molecule has 1 aromatic heterocycles. The average molecular weight is 576 g/mol. The first kappa shape index (κ1) is 29.9. The average Bonchev–Trinajstić information content (AvgIpc) is 3.00. The molecule has 0 N–H and O–H groups in total. The number of hydrogen-bond donors (Lipinski definition) is 0. The fourth-order valence-corrected chi connectivity index (χ4v) is 5.74. The Morgan fingerprint density at radius 2 is 1.71 bits per heavy atom. The molecule has 9 heteroatoms. The van der Waals surface area contributed by atoms with E-state index in [1.54, 1.807) is 13.4 Å². The number of anilines is 1. The zero-order valence-corrected chi connectivity index (χ0v) is 25.6. The molecule has 5 rings (SSSR count). The van der Waals surface area contributed by atoms with Crippen LogP contribution in [0.15, 0.2) is 42.7 Å². The van der Waals surface area contributed by atoms with E-state index in [0.29, 0.717) is 50.7 Å². The van der Waals surface area contributed by atoms with Gasteiger partial charge in [-0.15, -0.1) is 0 Å². The Kier molecular flexibility index (Phi) is 10.00. The van der Waals surface area contributed by atoms with E-state index >= 15 is 0 Å². The van der Waals surface area contributed by atoms with Crippen molar-refractivity contribution < 1.29 is 19.0 Å². The lowest BCUT2D eigenvalue weighted by Gasteiger charge is -2.36. The summed E-state index contributed by atoms with van der Waals surface area (Å²) in [4.78, 5) is 28.9. The van der Waals surface area contributed by atoms with E-state index < -0.39 is 0 Å². The molecule has 3 aromatic rings. The number of methoxy groups -OCH3 is 1. The second-order valence-corrected chi connectivity index (χ2v) is 11.8. The van der Waals surface area contributed by atoms with E-state index in [0.717, 1.165) is 46.9 Å². The largest absolute Gasteiger partial charge is 0.493 e. The summed E-state index contributed by atoms with van der Waals surface area (Å²) < 4.78 is 17.6. The molecule has 2 aliphatic rings. The van der Waals surface area contributed by atoms with Gasteiger partial charge in [-0.25, -0.2) is 9.97 Å². The number of nitrogens with zero attached hydrogens (tertiary/aromatic N) is 5. The Hall–Kier alpha value is -3.59. The van der Waals surface area contributed by atoms with Crippen LogP contribution in [0.3, 0.4) is 0 Å². The van der Waals surface area contributed by atoms with E-state index in [1.165, 1.54) is 25.9 Å². The summed E-state index contributed by atoms with van der Waals surface area (Å²) in [5.41, 5.74) is 1.82. The van der Waals surface area contributed by atoms with Gasteiger partial charge in [0.2, 0.25) is 5.91 Å². The first-order valence-electron chi connectivity index (χ1n) is 15.4. The predicted octanol–water partition coefficient (Wildman–Crippen LogP) is 4.82. The number of hydrogen-bond acceptors (Lipinski definition) is 8. The summed E-state index contributed by atoms with van der Waals surface area (Å²) in [6.07, 6.45) is 5.67. The molecular formula is C33H45N5O4. The molecule has 226 valence electrons. The lowest BCUT2D eigenvalue weighted by Crippen LogP contribution is -2.49. The van der Waals surface area contributed by atoms with Crippen molar-refractivity contribution in [1.82, 2.24) is 19.8 Å². The highest BCUT2D eigenvalue weighted by molar-refractivity contribution is 5.92. The van der Waals surface area contributed by atoms with Crippen molar-refractivity contribution in [3.8, 4) is 17.2 Å². The molecule has 0 saturated carbocycles. The Morgan fingerprint density at radius 1 is 0.976 bits per heavy atom. The third kappa shape index (κ3) is 7.62. The number of benzene rings is 2. The van der Waals surface area contributed by atoms with Crippen molar-refractivity contribution >= 4 is 22.6 Å². The second-order valence-electron chi connectivity index (χ2n) is 11.8. The van der Waals surface area contributed by atoms with E-state index in [9.17, 15) is 4.79 Å². The zero-order chi connectivity index (χ0) is 29.5. The van der Waals surface area contributed by atoms with Crippen LogP contribution in [0.4, 0.5) is 5.82 Å². The minimum atomic E-state index is 0.126. The third-order valence-corrected chi connectivity index (χ3v) is 8.23. The number of piperidine rings is 1. The minimum Gasteiger partial charge on any atom is -0.493 e. The topological polar surface area (TPSA) is 80.3 Å². The highest BCUT2D eigenvalue weighted by atomic mass is 16.5. The van der Waals surface area contributed by atoms with E-state index in [1.807, 2.05) is 55.1 Å². The van der Waals surface area contributed by atoms with Crippen molar-refractivity contribution in [2.24, 2.45) is 5.92 Å². The Labute approximate surface area is 249 Å². The standard InChI is InChI=1S/C33H45N5O4/c1-24(2)42-27-8-6-26(7-9-27)20-32(39)37-15-17-38(18-16-37)33-28-21-30(40-4)31(22-29(28)34-23-35-33)41-19-5-12-36-13-10-25(3)11-14-36/h6-9,21-25H,5,10-20H2,1-4H3. The highest BCUT2D eigenvalue weighted by Gasteiger charge is 2.24. The van der Waals surface area contributed by atoms with Gasteiger partial charge < -0.3 is 28.9 Å². The molecule has 0 bridgehead atoms. The van der Waals surface area contributed by atoms with Gasteiger partial charge in [0.05, 0.1) is 31.8 Å². The van der Waals surface area contributed by atoms with Gasteiger partial charge in [0.15, 0.2) is 11.5 Å². The lowest BCUT2D eigenvalue weighted by atomic mass is 9.99. The van der Waals surface area contributed by atoms with Gasteiger partial charge >= 0.3 is 0 Å². The first-order valence-corrected chi connectivity index (χ1v) is 15.4. The molecule has 3 heterocycles. The number of ether oxygens (including phenoxy) is 3. The van der Waals surface area contributed by atoms with Crippen LogP contribution in [0.1, 0.15) is 45.6 Å². The fraction of sp³-hybridized carbons (Fsp3) is 0.545. The molecule has 0 unspecified atom stereocenters. The monoisotopic (exact) mass is 575 g/mol. The maximum atomic E-state index is 13.0. The second kappa shape index (κ2) is 14.1. The predicted molar refractivity (Wildman–Crippen MR) is 166 cm³/mol. The van der Waals surface area contributed by atoms with Crippen LogP contribution in [0.25, 0.3) is 10.9 Å². The molecule has 42 heavy (non-hydrogen) atoms. The van der Waals surface area contributed by atoms with Gasteiger partial charge in [-0.1, -0.05) is 19.1 Å². The molecule has 2 saturated heterocycles. The van der Waals surface area contributed by atoms with Gasteiger partial charge in [0.1, 0.15) is 17.9 Å². The molecule has 0 radical (unpaired) electrons. The maximum Gasteiger partial charge on any atom is 0.227 e. The summed E-state index contributed by atoms with van der Waals surface area (Å²) in [6, 6.07) is 11.7. The van der Waals surface area contributed by atoms with Crippen LogP contribution in [0.5, 0.6) is 17.2 Å². The zero-order valence-electron chi connectivity index (χ0n) is 25.6. The molecule has 0 aliphatic carbocycles. The quantitative estimate of drug-likeness (QED) is 0.301. The molecule has 0 spiro atoms. The van der Waals surface area contributed by atoms with Crippen LogP contribution in [0.2, 0.25) is 0 Å². The van der Waals surface area contributed by atoms with E-state index in [2.05, 4.69) is 26.7 Å². The smallest absolute Gasteiger partial charge is 0.227 e. The van der Waals surface area contributed by atoms with Crippen molar-refractivity contribution in [2.45, 2.75) is 52.6 Å². The van der Waals surface area contributed by atoms with Crippen LogP contribution in [-0.2, 0) is 11.2 Å². The number of carbonyl (C=O) groups excluding carboxylic acids is 1. The van der Waals surface area contributed by atoms with Crippen LogP contribution in [0, 0.1) is 5.92 Å². The van der Waals surface area contributed by atoms with Crippen molar-refractivity contribution in [2.75, 3.05) is 64.4 Å². The summed E-state index contributed by atoms with van der Waals surface area (Å²) in [5.74, 6) is 4.06. The first-order chi connectivity index (χ1) is 20.4. The number of piperazine rings is 1. The number of rotatable bonds is 11. The minimum absolute atomic E-state index is 0.126. The number of fused-ring (bicyclic) bond motifs is 1. The van der Waals surface area contributed by atoms with Gasteiger partial charge in [0.25, 0.3) is 0 Å². The summed E-state index contributed by atoms with van der Waals surface area (Å²) in [6.45, 7) is 13.1. The Balaban J connectivity index is 1.17. The van der Waals surface area contributed by atoms with Gasteiger partial charge in [-0.05, 0) is 75.9 Å². The highest BCUT2D eigenvalue weighted by Crippen LogP contribution is 2.35. The van der Waals surface area contributed by atoms with E-state index in [4.69, 9.17) is 14.2 Å². The number of amides is 1. The van der Waals surface area contributed by atoms with Gasteiger partial charge in [0, 0.05) is 44.2 Å². The van der Waals surface area contributed by atoms with Gasteiger partial charge in [-0.2, -0.15) is 0 Å². The van der Waals surface area contributed by atoms with Crippen LogP contribution in [-0.4, -0.2) is 91.3 Å². The Bertz CT molecular complexity index is 1320. The summed E-state index contributed by atoms with van der Waals surface area (Å²) in [7, 11) is 1.67. The molecule has 2 fully saturated rings. The molecular weight excluding hydrogens is 530 g/mol. The van der Waals surface area contributed by atoms with E-state index in [-0.39, 0.29) is 12.0 Å². The van der Waals surface area contributed by atoms with Crippen molar-refractivity contribution in [1.29, 1.82) is 0 Å². The number of aromatic nitrogens is 2. The maximum absolute atomic E-state index is 13.0. The summed E-state index contributed by atoms with van der Waals surface area (Å²) in [5, 5.41) is 0.924. The normalized spacial score (nSPS) is 16.7. The molecule has 1 amide bonds. The SMILES string of the molecule is COc1cc2c(N3CCN(C(=O)Cc4ccc(OC(C)C)cc4)CC3)ncnc2cc1OCCCN1CCC(C)CC1. The van der Waals surface area contributed by atoms with Crippen LogP contribution >= 0.6 is 0 Å². The third-order valence-electron chi connectivity index (χ3n) is 8.23. The number of carbonyl (C=O) groups is 1. The lowest BCUT2D eigenvalue weighted by molar-refractivity contribution is -0.130. The van der Waals surface area contributed by atoms with Gasteiger partial charge in [-0.3, -0.25) is 4.79 Å². The van der Waals surface area contributed by atoms with Crippen LogP contribution < -0.4 is 19.1 Å². The summed E-state index contributed by atoms with van der Waals surface area (Å²) >= 11 is 0. The molecule has 0 atom stereocenters. The number of likely N-dealkylation sites (tertiary alicyclic amines) is 1. The Morgan fingerprint density at radius 3 is 2.40 bits per heavy atom. The van der Waals surface area contributed by atoms with Crippen molar-refractivity contribution in [3.05, 3.63) is 48.3 Å². The molecule has 9 nitrogen and oxygen atoms in total.